The van der Waals surface area contributed by atoms with Gasteiger partial charge in [-0.3, -0.25) is 9.78 Å². The number of aryl methyl sites for hydroxylation is 1. The van der Waals surface area contributed by atoms with Crippen molar-refractivity contribution in [3.63, 3.8) is 0 Å². The highest BCUT2D eigenvalue weighted by Gasteiger charge is 2.33. The highest BCUT2D eigenvalue weighted by Crippen LogP contribution is 2.36. The normalized spacial score (nSPS) is 15.6. The number of rotatable bonds is 2. The molecule has 1 saturated heterocycles. The van der Waals surface area contributed by atoms with Crippen LogP contribution in [0.3, 0.4) is 0 Å². The Labute approximate surface area is 164 Å². The van der Waals surface area contributed by atoms with E-state index in [-0.39, 0.29) is 17.1 Å². The van der Waals surface area contributed by atoms with Gasteiger partial charge in [0.05, 0.1) is 11.1 Å². The average Bonchev–Trinajstić information content (AvgIpc) is 2.98. The van der Waals surface area contributed by atoms with E-state index in [0.29, 0.717) is 49.4 Å². The number of hydrogen-bond donors (Lipinski definition) is 0. The summed E-state index contributed by atoms with van der Waals surface area (Å²) >= 11 is 0. The quantitative estimate of drug-likeness (QED) is 0.648. The Kier molecular flexibility index (Phi) is 4.89. The molecule has 152 valence electrons. The van der Waals surface area contributed by atoms with Gasteiger partial charge in [0.25, 0.3) is 5.91 Å². The molecule has 1 amide bonds. The van der Waals surface area contributed by atoms with Crippen LogP contribution >= 0.6 is 0 Å². The summed E-state index contributed by atoms with van der Waals surface area (Å²) in [5.41, 5.74) is 0.144. The van der Waals surface area contributed by atoms with Gasteiger partial charge < -0.3 is 14.3 Å². The Morgan fingerprint density at radius 1 is 1.14 bits per heavy atom. The second-order valence-electron chi connectivity index (χ2n) is 6.99. The maximum absolute atomic E-state index is 13.3. The Hall–Kier alpha value is -3.10. The lowest BCUT2D eigenvalue weighted by Gasteiger charge is -2.25. The molecule has 6 nitrogen and oxygen atoms in total. The third-order valence-corrected chi connectivity index (χ3v) is 5.02. The van der Waals surface area contributed by atoms with Crippen molar-refractivity contribution in [2.45, 2.75) is 19.5 Å². The fourth-order valence-corrected chi connectivity index (χ4v) is 3.66. The number of pyridine rings is 1. The lowest BCUT2D eigenvalue weighted by molar-refractivity contribution is -0.136. The van der Waals surface area contributed by atoms with Crippen LogP contribution in [0.5, 0.6) is 0 Å². The van der Waals surface area contributed by atoms with E-state index < -0.39 is 11.7 Å². The first-order chi connectivity index (χ1) is 13.8. The first-order valence-electron chi connectivity index (χ1n) is 9.27. The number of hydrogen-bond acceptors (Lipinski definition) is 5. The zero-order chi connectivity index (χ0) is 20.6. The Balaban J connectivity index is 1.60. The molecule has 3 heterocycles. The van der Waals surface area contributed by atoms with Crippen LogP contribution in [-0.2, 0) is 6.18 Å². The first-order valence-corrected chi connectivity index (χ1v) is 9.27. The monoisotopic (exact) mass is 404 g/mol. The number of anilines is 1. The smallest absolute Gasteiger partial charge is 0.369 e. The molecule has 1 fully saturated rings. The lowest BCUT2D eigenvalue weighted by Crippen LogP contribution is -2.35. The van der Waals surface area contributed by atoms with E-state index in [2.05, 4.69) is 10.1 Å². The van der Waals surface area contributed by atoms with Crippen molar-refractivity contribution in [3.05, 3.63) is 53.5 Å². The molecule has 0 atom stereocenters. The Morgan fingerprint density at radius 3 is 2.69 bits per heavy atom. The first kappa shape index (κ1) is 19.2. The predicted molar refractivity (Wildman–Crippen MR) is 101 cm³/mol. The largest absolute Gasteiger partial charge is 0.418 e. The van der Waals surface area contributed by atoms with Crippen LogP contribution in [-0.4, -0.2) is 47.1 Å². The van der Waals surface area contributed by atoms with Gasteiger partial charge in [0.2, 0.25) is 0 Å². The molecule has 1 aromatic carbocycles. The predicted octanol–water partition coefficient (Wildman–Crippen LogP) is 3.90. The zero-order valence-corrected chi connectivity index (χ0v) is 15.7. The fourth-order valence-electron chi connectivity index (χ4n) is 3.66. The van der Waals surface area contributed by atoms with Gasteiger partial charge in [-0.25, -0.2) is 0 Å². The van der Waals surface area contributed by atoms with Crippen LogP contribution in [0.2, 0.25) is 0 Å². The van der Waals surface area contributed by atoms with Crippen LogP contribution in [0.4, 0.5) is 18.9 Å². The number of amides is 1. The van der Waals surface area contributed by atoms with Gasteiger partial charge in [-0.15, -0.1) is 0 Å². The lowest BCUT2D eigenvalue weighted by atomic mass is 10.1. The van der Waals surface area contributed by atoms with Crippen molar-refractivity contribution in [2.75, 3.05) is 31.1 Å². The van der Waals surface area contributed by atoms with E-state index in [4.69, 9.17) is 4.52 Å². The van der Waals surface area contributed by atoms with Gasteiger partial charge in [0.1, 0.15) is 5.76 Å². The molecule has 29 heavy (non-hydrogen) atoms. The number of para-hydroxylation sites is 1. The second-order valence-corrected chi connectivity index (χ2v) is 6.99. The number of carbonyl (C=O) groups excluding carboxylic acids is 1. The van der Waals surface area contributed by atoms with Crippen LogP contribution < -0.4 is 4.90 Å². The molecule has 2 aromatic heterocycles. The molecule has 0 radical (unpaired) electrons. The second kappa shape index (κ2) is 7.38. The van der Waals surface area contributed by atoms with Crippen LogP contribution in [0, 0.1) is 6.92 Å². The summed E-state index contributed by atoms with van der Waals surface area (Å²) in [6.07, 6.45) is -2.38. The number of carbonyl (C=O) groups is 1. The third kappa shape index (κ3) is 3.76. The summed E-state index contributed by atoms with van der Waals surface area (Å²) in [6.45, 7) is 3.82. The summed E-state index contributed by atoms with van der Waals surface area (Å²) in [7, 11) is 0. The average molecular weight is 404 g/mol. The SMILES string of the molecule is Cc1cc(C(=O)N2CCCN(c3ccnc4c(C(F)(F)F)cccc34)CC2)no1. The van der Waals surface area contributed by atoms with Crippen LogP contribution in [0.25, 0.3) is 10.9 Å². The van der Waals surface area contributed by atoms with Crippen molar-refractivity contribution in [3.8, 4) is 0 Å². The molecule has 3 aromatic rings. The standard InChI is InChI=1S/C20H19F3N4O2/c1-13-12-16(25-29-13)19(28)27-9-3-8-26(10-11-27)17-6-7-24-18-14(17)4-2-5-15(18)20(21,22)23/h2,4-7,12H,3,8-11H2,1H3. The van der Waals surface area contributed by atoms with E-state index in [1.165, 1.54) is 12.3 Å². The van der Waals surface area contributed by atoms with E-state index in [1.54, 1.807) is 30.0 Å². The number of aromatic nitrogens is 2. The van der Waals surface area contributed by atoms with Gasteiger partial charge in [0, 0.05) is 49.5 Å². The van der Waals surface area contributed by atoms with Gasteiger partial charge >= 0.3 is 6.18 Å². The van der Waals surface area contributed by atoms with Crippen molar-refractivity contribution >= 4 is 22.5 Å². The Bertz CT molecular complexity index is 1050. The van der Waals surface area contributed by atoms with Gasteiger partial charge in [-0.1, -0.05) is 17.3 Å². The highest BCUT2D eigenvalue weighted by molar-refractivity contribution is 5.94. The minimum absolute atomic E-state index is 0.0623. The van der Waals surface area contributed by atoms with E-state index in [1.807, 2.05) is 4.90 Å². The number of alkyl halides is 3. The summed E-state index contributed by atoms with van der Waals surface area (Å²) in [4.78, 5) is 20.3. The molecule has 0 saturated carbocycles. The number of halogens is 3. The fraction of sp³-hybridized carbons (Fsp3) is 0.350. The minimum Gasteiger partial charge on any atom is -0.369 e. The number of nitrogens with zero attached hydrogens (tertiary/aromatic N) is 4. The molecule has 4 rings (SSSR count). The van der Waals surface area contributed by atoms with Crippen molar-refractivity contribution in [2.24, 2.45) is 0 Å². The molecule has 0 aliphatic carbocycles. The molecule has 1 aliphatic rings. The topological polar surface area (TPSA) is 62.5 Å². The molecule has 0 bridgehead atoms. The molecular weight excluding hydrogens is 385 g/mol. The molecule has 9 heteroatoms. The maximum atomic E-state index is 13.3. The van der Waals surface area contributed by atoms with Crippen molar-refractivity contribution in [1.82, 2.24) is 15.0 Å². The number of benzene rings is 1. The van der Waals surface area contributed by atoms with E-state index in [0.717, 1.165) is 6.07 Å². The molecule has 0 spiro atoms. The zero-order valence-electron chi connectivity index (χ0n) is 15.7. The summed E-state index contributed by atoms with van der Waals surface area (Å²) < 4.78 is 45.0. The molecule has 1 aliphatic heterocycles. The van der Waals surface area contributed by atoms with Gasteiger partial charge in [-0.2, -0.15) is 13.2 Å². The third-order valence-electron chi connectivity index (χ3n) is 5.02. The van der Waals surface area contributed by atoms with E-state index in [9.17, 15) is 18.0 Å². The molecule has 0 unspecified atom stereocenters. The van der Waals surface area contributed by atoms with Crippen molar-refractivity contribution < 1.29 is 22.5 Å². The molecule has 0 N–H and O–H groups in total. The van der Waals surface area contributed by atoms with Crippen molar-refractivity contribution in [1.29, 1.82) is 0 Å². The summed E-state index contributed by atoms with van der Waals surface area (Å²) in [5.74, 6) is 0.358. The minimum atomic E-state index is -4.47. The highest BCUT2D eigenvalue weighted by atomic mass is 19.4. The van der Waals surface area contributed by atoms with Crippen LogP contribution in [0.1, 0.15) is 28.2 Å². The summed E-state index contributed by atoms with van der Waals surface area (Å²) in [5, 5.41) is 4.23. The Morgan fingerprint density at radius 2 is 1.97 bits per heavy atom. The summed E-state index contributed by atoms with van der Waals surface area (Å²) in [6, 6.07) is 7.42. The maximum Gasteiger partial charge on any atom is 0.418 e. The van der Waals surface area contributed by atoms with E-state index >= 15 is 0 Å². The molecular formula is C20H19F3N4O2. The van der Waals surface area contributed by atoms with Gasteiger partial charge in [0.15, 0.2) is 5.69 Å². The van der Waals surface area contributed by atoms with Crippen LogP contribution in [0.15, 0.2) is 41.1 Å². The number of fused-ring (bicyclic) bond motifs is 1. The van der Waals surface area contributed by atoms with Gasteiger partial charge in [-0.05, 0) is 25.5 Å².